The zero-order chi connectivity index (χ0) is 11.6. The number of fused-ring (bicyclic) bond motifs is 1. The largest absolute Gasteiger partial charge is 0.276 e. The van der Waals surface area contributed by atoms with Crippen molar-refractivity contribution >= 4 is 20.9 Å². The first-order chi connectivity index (χ1) is 7.65. The van der Waals surface area contributed by atoms with Crippen LogP contribution in [-0.2, 0) is 10.0 Å². The maximum absolute atomic E-state index is 11.9. The summed E-state index contributed by atoms with van der Waals surface area (Å²) in [6, 6.07) is 5.09. The molecule has 1 aromatic heterocycles. The Morgan fingerprint density at radius 3 is 3.00 bits per heavy atom. The molecule has 2 aromatic rings. The van der Waals surface area contributed by atoms with Gasteiger partial charge in [0.2, 0.25) is 10.0 Å². The van der Waals surface area contributed by atoms with Crippen LogP contribution < -0.4 is 4.72 Å². The standard InChI is InChI=1S/C10H13N3O2S/c1-2-6-12-16(14,15)9-5-3-4-8-7-11-13-10(8)9/h3-5,7,12H,2,6H2,1H3,(H,11,13). The summed E-state index contributed by atoms with van der Waals surface area (Å²) in [6.45, 7) is 2.35. The highest BCUT2D eigenvalue weighted by Crippen LogP contribution is 2.19. The molecule has 0 aliphatic carbocycles. The summed E-state index contributed by atoms with van der Waals surface area (Å²) in [5, 5.41) is 7.33. The van der Waals surface area contributed by atoms with Crippen LogP contribution in [0.5, 0.6) is 0 Å². The second-order valence-corrected chi connectivity index (χ2v) is 5.22. The molecule has 0 fully saturated rings. The van der Waals surface area contributed by atoms with Crippen molar-refractivity contribution in [2.75, 3.05) is 6.54 Å². The van der Waals surface area contributed by atoms with Gasteiger partial charge >= 0.3 is 0 Å². The predicted octanol–water partition coefficient (Wildman–Crippen LogP) is 1.25. The molecule has 2 rings (SSSR count). The van der Waals surface area contributed by atoms with Crippen molar-refractivity contribution in [3.63, 3.8) is 0 Å². The molecule has 6 heteroatoms. The first-order valence-electron chi connectivity index (χ1n) is 5.07. The van der Waals surface area contributed by atoms with Gasteiger partial charge in [-0.1, -0.05) is 19.1 Å². The van der Waals surface area contributed by atoms with Crippen molar-refractivity contribution in [2.45, 2.75) is 18.2 Å². The van der Waals surface area contributed by atoms with E-state index in [1.807, 2.05) is 13.0 Å². The van der Waals surface area contributed by atoms with Crippen molar-refractivity contribution in [1.29, 1.82) is 0 Å². The van der Waals surface area contributed by atoms with Crippen LogP contribution in [-0.4, -0.2) is 25.2 Å². The number of rotatable bonds is 4. The Hall–Kier alpha value is -1.40. The Balaban J connectivity index is 2.50. The van der Waals surface area contributed by atoms with Crippen LogP contribution in [0.2, 0.25) is 0 Å². The molecule has 0 saturated carbocycles. The average Bonchev–Trinajstić information content (AvgIpc) is 2.73. The second-order valence-electron chi connectivity index (χ2n) is 3.49. The van der Waals surface area contributed by atoms with Crippen molar-refractivity contribution in [2.24, 2.45) is 0 Å². The second kappa shape index (κ2) is 4.23. The molecule has 0 bridgehead atoms. The zero-order valence-corrected chi connectivity index (χ0v) is 9.71. The molecule has 0 atom stereocenters. The molecule has 1 heterocycles. The number of hydrogen-bond donors (Lipinski definition) is 2. The highest BCUT2D eigenvalue weighted by atomic mass is 32.2. The minimum atomic E-state index is -3.44. The molecule has 0 spiro atoms. The lowest BCUT2D eigenvalue weighted by molar-refractivity contribution is 0.581. The number of aromatic amines is 1. The zero-order valence-electron chi connectivity index (χ0n) is 8.90. The quantitative estimate of drug-likeness (QED) is 0.843. The summed E-state index contributed by atoms with van der Waals surface area (Å²) in [6.07, 6.45) is 2.37. The Bertz CT molecular complexity index is 589. The van der Waals surface area contributed by atoms with E-state index in [0.29, 0.717) is 12.1 Å². The lowest BCUT2D eigenvalue weighted by Crippen LogP contribution is -2.24. The fourth-order valence-electron chi connectivity index (χ4n) is 1.48. The van der Waals surface area contributed by atoms with Gasteiger partial charge in [-0.05, 0) is 12.5 Å². The molecule has 0 aliphatic rings. The summed E-state index contributed by atoms with van der Waals surface area (Å²) < 4.78 is 26.4. The minimum absolute atomic E-state index is 0.246. The fourth-order valence-corrected chi connectivity index (χ4v) is 2.80. The smallest absolute Gasteiger partial charge is 0.242 e. The van der Waals surface area contributed by atoms with Gasteiger partial charge in [-0.25, -0.2) is 13.1 Å². The van der Waals surface area contributed by atoms with Gasteiger partial charge in [-0.3, -0.25) is 5.10 Å². The summed E-state index contributed by atoms with van der Waals surface area (Å²) in [5.74, 6) is 0. The molecule has 0 unspecified atom stereocenters. The molecular weight excluding hydrogens is 226 g/mol. The summed E-state index contributed by atoms with van der Waals surface area (Å²) in [7, 11) is -3.44. The first-order valence-corrected chi connectivity index (χ1v) is 6.55. The van der Waals surface area contributed by atoms with Gasteiger partial charge in [-0.2, -0.15) is 5.10 Å². The van der Waals surface area contributed by atoms with Crippen molar-refractivity contribution in [3.05, 3.63) is 24.4 Å². The van der Waals surface area contributed by atoms with Crippen molar-refractivity contribution in [3.8, 4) is 0 Å². The summed E-state index contributed by atoms with van der Waals surface area (Å²) >= 11 is 0. The number of hydrogen-bond acceptors (Lipinski definition) is 3. The van der Waals surface area contributed by atoms with E-state index >= 15 is 0 Å². The third kappa shape index (κ3) is 1.94. The van der Waals surface area contributed by atoms with Crippen molar-refractivity contribution in [1.82, 2.24) is 14.9 Å². The Morgan fingerprint density at radius 1 is 1.44 bits per heavy atom. The number of sulfonamides is 1. The molecule has 5 nitrogen and oxygen atoms in total. The third-order valence-electron chi connectivity index (χ3n) is 2.27. The first kappa shape index (κ1) is 11.1. The van der Waals surface area contributed by atoms with E-state index in [1.165, 1.54) is 0 Å². The Morgan fingerprint density at radius 2 is 2.25 bits per heavy atom. The van der Waals surface area contributed by atoms with E-state index in [1.54, 1.807) is 18.3 Å². The minimum Gasteiger partial charge on any atom is -0.276 e. The lowest BCUT2D eigenvalue weighted by Gasteiger charge is -2.05. The van der Waals surface area contributed by atoms with E-state index in [9.17, 15) is 8.42 Å². The lowest BCUT2D eigenvalue weighted by atomic mass is 10.3. The van der Waals surface area contributed by atoms with E-state index in [0.717, 1.165) is 11.8 Å². The number of para-hydroxylation sites is 1. The highest BCUT2D eigenvalue weighted by Gasteiger charge is 2.17. The third-order valence-corrected chi connectivity index (χ3v) is 3.77. The van der Waals surface area contributed by atoms with E-state index in [-0.39, 0.29) is 4.90 Å². The molecule has 0 amide bonds. The van der Waals surface area contributed by atoms with Gasteiger partial charge in [-0.15, -0.1) is 0 Å². The Labute approximate surface area is 93.9 Å². The van der Waals surface area contributed by atoms with Gasteiger partial charge in [0.15, 0.2) is 0 Å². The molecular formula is C10H13N3O2S. The van der Waals surface area contributed by atoms with Crippen LogP contribution in [0, 0.1) is 0 Å². The summed E-state index contributed by atoms with van der Waals surface area (Å²) in [5.41, 5.74) is 0.547. The summed E-state index contributed by atoms with van der Waals surface area (Å²) in [4.78, 5) is 0.246. The normalized spacial score (nSPS) is 12.1. The predicted molar refractivity (Wildman–Crippen MR) is 61.6 cm³/mol. The van der Waals surface area contributed by atoms with Crippen LogP contribution in [0.1, 0.15) is 13.3 Å². The number of benzene rings is 1. The average molecular weight is 239 g/mol. The highest BCUT2D eigenvalue weighted by molar-refractivity contribution is 7.89. The number of nitrogens with zero attached hydrogens (tertiary/aromatic N) is 1. The van der Waals surface area contributed by atoms with Crippen LogP contribution in [0.3, 0.4) is 0 Å². The molecule has 86 valence electrons. The van der Waals surface area contributed by atoms with Gasteiger partial charge in [0.1, 0.15) is 4.90 Å². The SMILES string of the molecule is CCCNS(=O)(=O)c1cccc2cn[nH]c12. The molecule has 2 N–H and O–H groups in total. The molecule has 16 heavy (non-hydrogen) atoms. The van der Waals surface area contributed by atoms with E-state index < -0.39 is 10.0 Å². The van der Waals surface area contributed by atoms with Crippen LogP contribution in [0.4, 0.5) is 0 Å². The monoisotopic (exact) mass is 239 g/mol. The molecule has 0 radical (unpaired) electrons. The number of aromatic nitrogens is 2. The molecule has 0 aliphatic heterocycles. The molecule has 0 saturated heterocycles. The fraction of sp³-hybridized carbons (Fsp3) is 0.300. The van der Waals surface area contributed by atoms with Crippen LogP contribution in [0.15, 0.2) is 29.3 Å². The van der Waals surface area contributed by atoms with E-state index in [4.69, 9.17) is 0 Å². The Kier molecular flexibility index (Phi) is 2.93. The van der Waals surface area contributed by atoms with Crippen molar-refractivity contribution < 1.29 is 8.42 Å². The topological polar surface area (TPSA) is 74.8 Å². The van der Waals surface area contributed by atoms with Crippen LogP contribution in [0.25, 0.3) is 10.9 Å². The maximum atomic E-state index is 11.9. The number of nitrogens with one attached hydrogen (secondary N) is 2. The van der Waals surface area contributed by atoms with Gasteiger partial charge in [0.25, 0.3) is 0 Å². The van der Waals surface area contributed by atoms with Crippen LogP contribution >= 0.6 is 0 Å². The maximum Gasteiger partial charge on any atom is 0.242 e. The van der Waals surface area contributed by atoms with Gasteiger partial charge in [0.05, 0.1) is 11.7 Å². The molecule has 1 aromatic carbocycles. The van der Waals surface area contributed by atoms with Gasteiger partial charge < -0.3 is 0 Å². The number of H-pyrrole nitrogens is 1. The van der Waals surface area contributed by atoms with Gasteiger partial charge in [0, 0.05) is 11.9 Å². The van der Waals surface area contributed by atoms with E-state index in [2.05, 4.69) is 14.9 Å².